The number of amides is 1. The van der Waals surface area contributed by atoms with E-state index in [9.17, 15) is 25.1 Å². The fourth-order valence-electron chi connectivity index (χ4n) is 1.86. The number of carbonyl (C=O) groups is 1. The molecule has 0 atom stereocenters. The van der Waals surface area contributed by atoms with Gasteiger partial charge >= 0.3 is 5.69 Å². The van der Waals surface area contributed by atoms with Crippen molar-refractivity contribution in [3.63, 3.8) is 0 Å². The lowest BCUT2D eigenvalue weighted by molar-refractivity contribution is -0.385. The number of halogens is 1. The molecule has 0 aliphatic heterocycles. The second kappa shape index (κ2) is 7.79. The number of nitro groups is 1. The third-order valence-corrected chi connectivity index (χ3v) is 3.99. The van der Waals surface area contributed by atoms with Crippen molar-refractivity contribution in [3.05, 3.63) is 55.1 Å². The number of carbonyl (C=O) groups excluding carboxylic acids is 1. The van der Waals surface area contributed by atoms with Crippen molar-refractivity contribution in [2.45, 2.75) is 0 Å². The number of rotatable bonds is 5. The maximum atomic E-state index is 12.0. The number of phenolic OH excluding ortho intramolecular Hbond substituents is 2. The minimum absolute atomic E-state index is 0.0370. The highest BCUT2D eigenvalue weighted by atomic mass is 127. The van der Waals surface area contributed by atoms with Crippen molar-refractivity contribution in [1.29, 1.82) is 0 Å². The lowest BCUT2D eigenvalue weighted by atomic mass is 10.2. The second-order valence-corrected chi connectivity index (χ2v) is 5.87. The zero-order valence-corrected chi connectivity index (χ0v) is 14.9. The molecule has 2 aromatic carbocycles. The van der Waals surface area contributed by atoms with Crippen LogP contribution in [0.4, 0.5) is 5.69 Å². The normalized spacial score (nSPS) is 10.6. The Labute approximate surface area is 155 Å². The van der Waals surface area contributed by atoms with Crippen LogP contribution in [-0.2, 0) is 0 Å². The van der Waals surface area contributed by atoms with Gasteiger partial charge in [-0.25, -0.2) is 5.43 Å². The summed E-state index contributed by atoms with van der Waals surface area (Å²) in [6.45, 7) is 0. The molecule has 0 fully saturated rings. The van der Waals surface area contributed by atoms with Crippen LogP contribution in [0.1, 0.15) is 15.9 Å². The Kier molecular flexibility index (Phi) is 5.75. The highest BCUT2D eigenvalue weighted by Gasteiger charge is 2.16. The van der Waals surface area contributed by atoms with Crippen LogP contribution in [0, 0.1) is 13.7 Å². The second-order valence-electron chi connectivity index (χ2n) is 4.71. The van der Waals surface area contributed by atoms with Gasteiger partial charge in [-0.3, -0.25) is 14.9 Å². The SMILES string of the molecule is COc1cc(C(=O)N/N=C\c2cc([N+](=O)[O-])c(O)cc2O)ccc1I. The lowest BCUT2D eigenvalue weighted by Crippen LogP contribution is -2.17. The van der Waals surface area contributed by atoms with Crippen LogP contribution in [-0.4, -0.2) is 34.4 Å². The van der Waals surface area contributed by atoms with Crippen LogP contribution in [0.15, 0.2) is 35.4 Å². The van der Waals surface area contributed by atoms with E-state index in [0.717, 1.165) is 21.9 Å². The van der Waals surface area contributed by atoms with Gasteiger partial charge in [0.25, 0.3) is 5.91 Å². The molecule has 25 heavy (non-hydrogen) atoms. The number of aromatic hydroxyl groups is 2. The Morgan fingerprint density at radius 3 is 2.68 bits per heavy atom. The molecule has 0 spiro atoms. The molecule has 0 unspecified atom stereocenters. The first-order valence-corrected chi connectivity index (χ1v) is 7.78. The molecule has 1 amide bonds. The molecule has 130 valence electrons. The van der Waals surface area contributed by atoms with Gasteiger partial charge in [0.1, 0.15) is 11.5 Å². The molecule has 0 aromatic heterocycles. The topological polar surface area (TPSA) is 134 Å². The molecule has 2 rings (SSSR count). The van der Waals surface area contributed by atoms with Crippen molar-refractivity contribution in [1.82, 2.24) is 5.43 Å². The van der Waals surface area contributed by atoms with Gasteiger partial charge in [0.05, 0.1) is 21.8 Å². The molecule has 0 bridgehead atoms. The number of nitrogens with zero attached hydrogens (tertiary/aromatic N) is 2. The van der Waals surface area contributed by atoms with E-state index in [1.54, 1.807) is 12.1 Å². The summed E-state index contributed by atoms with van der Waals surface area (Å²) in [5, 5.41) is 33.5. The summed E-state index contributed by atoms with van der Waals surface area (Å²) in [5.41, 5.74) is 1.91. The van der Waals surface area contributed by atoms with Crippen LogP contribution in [0.5, 0.6) is 17.2 Å². The van der Waals surface area contributed by atoms with Crippen molar-refractivity contribution in [2.75, 3.05) is 7.11 Å². The fourth-order valence-corrected chi connectivity index (χ4v) is 2.41. The highest BCUT2D eigenvalue weighted by molar-refractivity contribution is 14.1. The average molecular weight is 457 g/mol. The molecule has 0 aliphatic carbocycles. The van der Waals surface area contributed by atoms with Crippen LogP contribution >= 0.6 is 22.6 Å². The maximum absolute atomic E-state index is 12.0. The number of methoxy groups -OCH3 is 1. The van der Waals surface area contributed by atoms with Crippen LogP contribution in [0.3, 0.4) is 0 Å². The molecule has 3 N–H and O–H groups in total. The van der Waals surface area contributed by atoms with Gasteiger partial charge in [0, 0.05) is 23.3 Å². The molecule has 0 saturated carbocycles. The predicted octanol–water partition coefficient (Wildman–Crippen LogP) is 2.38. The molecular formula is C15H12IN3O6. The number of phenols is 2. The summed E-state index contributed by atoms with van der Waals surface area (Å²) in [4.78, 5) is 22.0. The lowest BCUT2D eigenvalue weighted by Gasteiger charge is -2.05. The van der Waals surface area contributed by atoms with Crippen LogP contribution in [0.2, 0.25) is 0 Å². The number of benzene rings is 2. The first kappa shape index (κ1) is 18.4. The minimum Gasteiger partial charge on any atom is -0.507 e. The highest BCUT2D eigenvalue weighted by Crippen LogP contribution is 2.31. The van der Waals surface area contributed by atoms with Gasteiger partial charge in [0.2, 0.25) is 0 Å². The maximum Gasteiger partial charge on any atom is 0.311 e. The molecule has 2 aromatic rings. The number of hydrogen-bond donors (Lipinski definition) is 3. The Morgan fingerprint density at radius 2 is 2.04 bits per heavy atom. The first-order chi connectivity index (χ1) is 11.8. The van der Waals surface area contributed by atoms with Crippen molar-refractivity contribution in [3.8, 4) is 17.2 Å². The van der Waals surface area contributed by atoms with Gasteiger partial charge in [-0.2, -0.15) is 5.10 Å². The first-order valence-electron chi connectivity index (χ1n) is 6.70. The fraction of sp³-hybridized carbons (Fsp3) is 0.0667. The van der Waals surface area contributed by atoms with E-state index < -0.39 is 28.0 Å². The molecule has 9 nitrogen and oxygen atoms in total. The molecular weight excluding hydrogens is 445 g/mol. The minimum atomic E-state index is -0.803. The van der Waals surface area contributed by atoms with E-state index in [2.05, 4.69) is 33.1 Å². The Bertz CT molecular complexity index is 869. The molecule has 0 saturated heterocycles. The molecule has 10 heteroatoms. The largest absolute Gasteiger partial charge is 0.507 e. The standard InChI is InChI=1S/C15H12IN3O6/c1-25-14-5-8(2-3-10(14)16)15(22)18-17-7-9-4-11(19(23)24)13(21)6-12(9)20/h2-7,20-21H,1H3,(H,18,22)/b17-7-. The quantitative estimate of drug-likeness (QED) is 0.273. The summed E-state index contributed by atoms with van der Waals surface area (Å²) < 4.78 is 5.96. The Morgan fingerprint density at radius 1 is 1.32 bits per heavy atom. The third kappa shape index (κ3) is 4.35. The third-order valence-electron chi connectivity index (χ3n) is 3.10. The Balaban J connectivity index is 2.17. The summed E-state index contributed by atoms with van der Waals surface area (Å²) in [5.74, 6) is -1.09. The van der Waals surface area contributed by atoms with Gasteiger partial charge < -0.3 is 14.9 Å². The van der Waals surface area contributed by atoms with Gasteiger partial charge in [-0.15, -0.1) is 0 Å². The van der Waals surface area contributed by atoms with E-state index in [1.165, 1.54) is 13.2 Å². The van der Waals surface area contributed by atoms with Crippen LogP contribution < -0.4 is 10.2 Å². The monoisotopic (exact) mass is 457 g/mol. The van der Waals surface area contributed by atoms with Gasteiger partial charge in [0.15, 0.2) is 5.75 Å². The molecule has 0 radical (unpaired) electrons. The zero-order chi connectivity index (χ0) is 18.6. The molecule has 0 aliphatic rings. The van der Waals surface area contributed by atoms with Crippen molar-refractivity contribution in [2.24, 2.45) is 5.10 Å². The van der Waals surface area contributed by atoms with Crippen molar-refractivity contribution >= 4 is 40.4 Å². The summed E-state index contributed by atoms with van der Waals surface area (Å²) in [6, 6.07) is 6.58. The van der Waals surface area contributed by atoms with E-state index in [4.69, 9.17) is 4.74 Å². The number of hydrogen-bond acceptors (Lipinski definition) is 7. The predicted molar refractivity (Wildman–Crippen MR) is 97.2 cm³/mol. The number of nitro benzene ring substituents is 1. The van der Waals surface area contributed by atoms with E-state index in [1.807, 2.05) is 0 Å². The average Bonchev–Trinajstić information content (AvgIpc) is 2.56. The van der Waals surface area contributed by atoms with Gasteiger partial charge in [-0.05, 0) is 40.8 Å². The van der Waals surface area contributed by atoms with E-state index >= 15 is 0 Å². The number of hydrazone groups is 1. The van der Waals surface area contributed by atoms with E-state index in [0.29, 0.717) is 11.3 Å². The Hall–Kier alpha value is -2.89. The summed E-state index contributed by atoms with van der Waals surface area (Å²) in [7, 11) is 1.48. The summed E-state index contributed by atoms with van der Waals surface area (Å²) >= 11 is 2.06. The summed E-state index contributed by atoms with van der Waals surface area (Å²) in [6.07, 6.45) is 1.03. The molecule has 0 heterocycles. The van der Waals surface area contributed by atoms with Crippen molar-refractivity contribution < 1.29 is 24.7 Å². The van der Waals surface area contributed by atoms with E-state index in [-0.39, 0.29) is 5.56 Å². The zero-order valence-electron chi connectivity index (χ0n) is 12.8. The number of nitrogens with one attached hydrogen (secondary N) is 1. The van der Waals surface area contributed by atoms with Gasteiger partial charge in [-0.1, -0.05) is 0 Å². The van der Waals surface area contributed by atoms with Crippen LogP contribution in [0.25, 0.3) is 0 Å². The smallest absolute Gasteiger partial charge is 0.311 e. The number of ether oxygens (including phenoxy) is 1.